The van der Waals surface area contributed by atoms with Gasteiger partial charge in [-0.3, -0.25) is 4.79 Å². The van der Waals surface area contributed by atoms with E-state index in [1.165, 1.54) is 0 Å². The average Bonchev–Trinajstić information content (AvgIpc) is 2.00. The summed E-state index contributed by atoms with van der Waals surface area (Å²) >= 11 is 0. The minimum atomic E-state index is -3.80. The number of aliphatic carboxylic acids is 2. The monoisotopic (exact) mass is 288 g/mol. The molecular formula is C6H10K2O8. The second-order valence-electron chi connectivity index (χ2n) is 2.69. The Morgan fingerprint density at radius 3 is 1.56 bits per heavy atom. The van der Waals surface area contributed by atoms with Crippen molar-refractivity contribution in [1.29, 1.82) is 0 Å². The summed E-state index contributed by atoms with van der Waals surface area (Å²) in [4.78, 5) is 20.2. The van der Waals surface area contributed by atoms with Crippen molar-refractivity contribution in [1.82, 2.24) is 0 Å². The van der Waals surface area contributed by atoms with Gasteiger partial charge < -0.3 is 30.6 Å². The maximum absolute atomic E-state index is 10.1. The van der Waals surface area contributed by atoms with Crippen LogP contribution in [0.2, 0.25) is 0 Å². The second kappa shape index (κ2) is 9.04. The van der Waals surface area contributed by atoms with Gasteiger partial charge in [-0.15, -0.1) is 0 Å². The Bertz CT molecular complexity index is 251. The third-order valence-corrected chi connectivity index (χ3v) is 1.54. The molecule has 8 nitrogen and oxygen atoms in total. The van der Waals surface area contributed by atoms with Gasteiger partial charge in [0.05, 0.1) is 6.42 Å². The fraction of sp³-hybridized carbons (Fsp3) is 0.667. The Morgan fingerprint density at radius 2 is 1.31 bits per heavy atom. The van der Waals surface area contributed by atoms with Crippen molar-refractivity contribution in [2.24, 2.45) is 0 Å². The summed E-state index contributed by atoms with van der Waals surface area (Å²) in [7, 11) is 0. The third-order valence-electron chi connectivity index (χ3n) is 1.54. The molecule has 0 fully saturated rings. The summed E-state index contributed by atoms with van der Waals surface area (Å²) in [6, 6.07) is 0. The summed E-state index contributed by atoms with van der Waals surface area (Å²) < 4.78 is 0. The molecule has 0 bridgehead atoms. The first kappa shape index (κ1) is 23.2. The molecule has 0 saturated carbocycles. The van der Waals surface area contributed by atoms with E-state index in [-0.39, 0.29) is 103 Å². The van der Waals surface area contributed by atoms with Crippen LogP contribution in [0.3, 0.4) is 0 Å². The van der Waals surface area contributed by atoms with Gasteiger partial charge in [0.1, 0.15) is 0 Å². The van der Waals surface area contributed by atoms with Crippen LogP contribution >= 0.6 is 0 Å². The van der Waals surface area contributed by atoms with Crippen LogP contribution in [-0.2, 0) is 9.59 Å². The molecule has 16 heavy (non-hydrogen) atoms. The minimum absolute atomic E-state index is 0. The predicted octanol–water partition coefficient (Wildman–Crippen LogP) is -3.46. The Labute approximate surface area is 175 Å². The van der Waals surface area contributed by atoms with Gasteiger partial charge in [0.2, 0.25) is 5.79 Å². The number of rotatable bonds is 5. The van der Waals surface area contributed by atoms with Crippen LogP contribution in [0.4, 0.5) is 0 Å². The van der Waals surface area contributed by atoms with Crippen LogP contribution in [0.1, 0.15) is 12.8 Å². The molecule has 0 aromatic rings. The smallest absolute Gasteiger partial charge is 0.370 e. The van der Waals surface area contributed by atoms with E-state index in [2.05, 4.69) is 0 Å². The summed E-state index contributed by atoms with van der Waals surface area (Å²) in [6.45, 7) is 0. The van der Waals surface area contributed by atoms with E-state index in [1.807, 2.05) is 0 Å². The van der Waals surface area contributed by atoms with E-state index in [0.717, 1.165) is 0 Å². The Morgan fingerprint density at radius 1 is 0.938 bits per heavy atom. The molecule has 2 radical (unpaired) electrons. The molecule has 0 saturated heterocycles. The largest absolute Gasteiger partial charge is 0.481 e. The maximum Gasteiger partial charge on any atom is 0.370 e. The molecule has 0 amide bonds. The van der Waals surface area contributed by atoms with Gasteiger partial charge in [0.25, 0.3) is 0 Å². The Balaban J connectivity index is -0.000000845. The zero-order chi connectivity index (χ0) is 11.6. The minimum Gasteiger partial charge on any atom is -0.481 e. The number of carboxylic acid groups (broad SMARTS) is 2. The molecular weight excluding hydrogens is 278 g/mol. The van der Waals surface area contributed by atoms with Gasteiger partial charge in [0.15, 0.2) is 0 Å². The maximum atomic E-state index is 10.1. The van der Waals surface area contributed by atoms with E-state index < -0.39 is 36.4 Å². The predicted molar refractivity (Wildman–Crippen MR) is 50.4 cm³/mol. The van der Waals surface area contributed by atoms with E-state index in [9.17, 15) is 9.59 Å². The second-order valence-corrected chi connectivity index (χ2v) is 2.69. The van der Waals surface area contributed by atoms with Crippen molar-refractivity contribution in [3.05, 3.63) is 0 Å². The average molecular weight is 288 g/mol. The van der Waals surface area contributed by atoms with E-state index >= 15 is 0 Å². The number of aliphatic hydroxyl groups is 4. The van der Waals surface area contributed by atoms with E-state index in [4.69, 9.17) is 30.6 Å². The van der Waals surface area contributed by atoms with Crippen molar-refractivity contribution < 1.29 is 40.2 Å². The van der Waals surface area contributed by atoms with Gasteiger partial charge in [-0.2, -0.15) is 0 Å². The first-order valence-corrected chi connectivity index (χ1v) is 3.46. The van der Waals surface area contributed by atoms with Crippen molar-refractivity contribution in [2.75, 3.05) is 0 Å². The Kier molecular flexibility index (Phi) is 13.1. The first-order chi connectivity index (χ1) is 6.11. The SMILES string of the molecule is O=C(O)CCC(O)(O)C(O)(O)C(=O)O.[K].[K]. The fourth-order valence-corrected chi connectivity index (χ4v) is 0.627. The molecule has 0 aromatic heterocycles. The van der Waals surface area contributed by atoms with Crippen LogP contribution < -0.4 is 0 Å². The molecule has 0 spiro atoms. The zero-order valence-corrected chi connectivity index (χ0v) is 15.2. The quantitative estimate of drug-likeness (QED) is 0.225. The standard InChI is InChI=1S/C6H10O8.2K/c7-3(8)1-2-5(11,12)6(13,14)4(9)10;;/h11-14H,1-2H2,(H,7,8)(H,9,10);;. The van der Waals surface area contributed by atoms with E-state index in [0.29, 0.717) is 0 Å². The summed E-state index contributed by atoms with van der Waals surface area (Å²) in [5.41, 5.74) is 0. The fourth-order valence-electron chi connectivity index (χ4n) is 0.627. The van der Waals surface area contributed by atoms with Gasteiger partial charge in [0, 0.05) is 109 Å². The van der Waals surface area contributed by atoms with Crippen LogP contribution in [0, 0.1) is 0 Å². The number of carbonyl (C=O) groups is 2. The van der Waals surface area contributed by atoms with Crippen LogP contribution in [0.15, 0.2) is 0 Å². The molecule has 0 aromatic carbocycles. The molecule has 10 heteroatoms. The summed E-state index contributed by atoms with van der Waals surface area (Å²) in [5, 5.41) is 51.5. The van der Waals surface area contributed by atoms with Crippen LogP contribution in [0.25, 0.3) is 0 Å². The molecule has 0 heterocycles. The topological polar surface area (TPSA) is 156 Å². The molecule has 84 valence electrons. The normalized spacial score (nSPS) is 11.0. The first-order valence-electron chi connectivity index (χ1n) is 3.46. The molecule has 0 atom stereocenters. The van der Waals surface area contributed by atoms with Gasteiger partial charge in [-0.1, -0.05) is 0 Å². The molecule has 0 rings (SSSR count). The summed E-state index contributed by atoms with van der Waals surface area (Å²) in [6.07, 6.45) is -1.84. The van der Waals surface area contributed by atoms with Crippen molar-refractivity contribution in [3.8, 4) is 0 Å². The molecule has 6 N–H and O–H groups in total. The number of hydrogen-bond donors (Lipinski definition) is 6. The molecule has 0 unspecified atom stereocenters. The third kappa shape index (κ3) is 6.84. The van der Waals surface area contributed by atoms with Crippen LogP contribution in [0.5, 0.6) is 0 Å². The number of hydrogen-bond acceptors (Lipinski definition) is 6. The molecule has 0 aliphatic carbocycles. The van der Waals surface area contributed by atoms with Crippen molar-refractivity contribution >= 4 is 115 Å². The zero-order valence-electron chi connectivity index (χ0n) is 8.91. The van der Waals surface area contributed by atoms with Crippen molar-refractivity contribution in [3.63, 3.8) is 0 Å². The van der Waals surface area contributed by atoms with Gasteiger partial charge in [-0.05, 0) is 0 Å². The van der Waals surface area contributed by atoms with Crippen molar-refractivity contribution in [2.45, 2.75) is 24.4 Å². The van der Waals surface area contributed by atoms with Gasteiger partial charge >= 0.3 is 17.7 Å². The summed E-state index contributed by atoms with van der Waals surface area (Å²) in [5.74, 6) is -10.9. The molecule has 0 aliphatic heterocycles. The Hall–Kier alpha value is 2.05. The molecule has 0 aliphatic rings. The van der Waals surface area contributed by atoms with Gasteiger partial charge in [-0.25, -0.2) is 4.79 Å². The number of carboxylic acids is 2. The van der Waals surface area contributed by atoms with Crippen LogP contribution in [-0.4, -0.2) is 157 Å². The van der Waals surface area contributed by atoms with E-state index in [1.54, 1.807) is 0 Å².